The summed E-state index contributed by atoms with van der Waals surface area (Å²) < 4.78 is 0. The molecule has 1 aliphatic rings. The molecule has 10 heteroatoms. The Morgan fingerprint density at radius 3 is 2.47 bits per heavy atom. The number of amides is 4. The zero-order valence-electron chi connectivity index (χ0n) is 18.3. The lowest BCUT2D eigenvalue weighted by Crippen LogP contribution is -2.61. The second kappa shape index (κ2) is 9.58. The number of nitrogens with two attached hydrogens (primary N) is 1. The number of piperidine rings is 1. The van der Waals surface area contributed by atoms with E-state index in [0.717, 1.165) is 10.4 Å². The van der Waals surface area contributed by atoms with Crippen LogP contribution in [0.2, 0.25) is 0 Å². The topological polar surface area (TPSA) is 137 Å². The minimum Gasteiger partial charge on any atom is -0.465 e. The fourth-order valence-corrected chi connectivity index (χ4v) is 5.27. The molecule has 2 heterocycles. The lowest BCUT2D eigenvalue weighted by Gasteiger charge is -2.46. The van der Waals surface area contributed by atoms with Crippen LogP contribution in [-0.4, -0.2) is 46.7 Å². The number of carbonyl (C=O) groups excluding carboxylic acids is 2. The Labute approximate surface area is 191 Å². The van der Waals surface area contributed by atoms with Gasteiger partial charge in [0.2, 0.25) is 0 Å². The second-order valence-corrected chi connectivity index (χ2v) is 9.88. The zero-order valence-corrected chi connectivity index (χ0v) is 19.2. The van der Waals surface area contributed by atoms with Crippen LogP contribution in [0.15, 0.2) is 36.4 Å². The van der Waals surface area contributed by atoms with E-state index in [4.69, 9.17) is 5.84 Å². The van der Waals surface area contributed by atoms with E-state index in [2.05, 4.69) is 10.6 Å². The van der Waals surface area contributed by atoms with Crippen LogP contribution in [0.1, 0.15) is 44.0 Å². The summed E-state index contributed by atoms with van der Waals surface area (Å²) in [5.41, 5.74) is 2.85. The highest BCUT2D eigenvalue weighted by molar-refractivity contribution is 7.20. The molecule has 6 N–H and O–H groups in total. The highest BCUT2D eigenvalue weighted by Gasteiger charge is 2.42. The van der Waals surface area contributed by atoms with Crippen molar-refractivity contribution in [2.24, 2.45) is 11.3 Å². The van der Waals surface area contributed by atoms with E-state index in [9.17, 15) is 19.5 Å². The van der Waals surface area contributed by atoms with Gasteiger partial charge in [0.05, 0.1) is 17.6 Å². The van der Waals surface area contributed by atoms with Crippen molar-refractivity contribution in [3.8, 4) is 10.4 Å². The van der Waals surface area contributed by atoms with Gasteiger partial charge in [0.1, 0.15) is 5.00 Å². The maximum Gasteiger partial charge on any atom is 0.407 e. The van der Waals surface area contributed by atoms with Gasteiger partial charge < -0.3 is 15.3 Å². The summed E-state index contributed by atoms with van der Waals surface area (Å²) in [6.45, 7) is 6.34. The third-order valence-electron chi connectivity index (χ3n) is 5.47. The number of hydrazine groups is 1. The van der Waals surface area contributed by atoms with E-state index < -0.39 is 12.1 Å². The van der Waals surface area contributed by atoms with Gasteiger partial charge in [-0.1, -0.05) is 51.1 Å². The Morgan fingerprint density at radius 2 is 1.88 bits per heavy atom. The van der Waals surface area contributed by atoms with Crippen molar-refractivity contribution < 1.29 is 19.5 Å². The molecule has 32 heavy (non-hydrogen) atoms. The Kier molecular flexibility index (Phi) is 7.05. The monoisotopic (exact) mass is 459 g/mol. The van der Waals surface area contributed by atoms with Crippen molar-refractivity contribution in [2.75, 3.05) is 11.9 Å². The molecule has 1 aromatic carbocycles. The largest absolute Gasteiger partial charge is 0.465 e. The quantitative estimate of drug-likeness (QED) is 0.270. The molecule has 0 bridgehead atoms. The molecule has 1 fully saturated rings. The predicted octanol–water partition coefficient (Wildman–Crippen LogP) is 3.70. The third-order valence-corrected chi connectivity index (χ3v) is 6.57. The van der Waals surface area contributed by atoms with Crippen LogP contribution < -0.4 is 21.9 Å². The van der Waals surface area contributed by atoms with Crippen LogP contribution in [0.3, 0.4) is 0 Å². The molecule has 4 amide bonds. The molecular weight excluding hydrogens is 430 g/mol. The summed E-state index contributed by atoms with van der Waals surface area (Å²) >= 11 is 1.27. The normalized spacial score (nSPS) is 18.7. The van der Waals surface area contributed by atoms with Gasteiger partial charge in [0, 0.05) is 11.4 Å². The number of urea groups is 1. The van der Waals surface area contributed by atoms with Crippen LogP contribution in [0.25, 0.3) is 10.4 Å². The van der Waals surface area contributed by atoms with Crippen LogP contribution in [-0.2, 0) is 0 Å². The number of hydrogen-bond acceptors (Lipinski definition) is 5. The van der Waals surface area contributed by atoms with Gasteiger partial charge in [-0.15, -0.1) is 11.3 Å². The molecule has 2 atom stereocenters. The highest BCUT2D eigenvalue weighted by Crippen LogP contribution is 2.37. The maximum absolute atomic E-state index is 13.3. The van der Waals surface area contributed by atoms with E-state index in [1.165, 1.54) is 16.2 Å². The molecule has 1 unspecified atom stereocenters. The van der Waals surface area contributed by atoms with Crippen molar-refractivity contribution in [3.63, 3.8) is 0 Å². The molecule has 9 nitrogen and oxygen atoms in total. The van der Waals surface area contributed by atoms with Crippen molar-refractivity contribution in [2.45, 2.75) is 45.7 Å². The third kappa shape index (κ3) is 5.20. The summed E-state index contributed by atoms with van der Waals surface area (Å²) in [6.07, 6.45) is 0.329. The number of thiophene rings is 1. The fraction of sp³-hybridized carbons (Fsp3) is 0.409. The molecular formula is C22H29N5O4S. The molecule has 0 radical (unpaired) electrons. The lowest BCUT2D eigenvalue weighted by atomic mass is 9.77. The summed E-state index contributed by atoms with van der Waals surface area (Å²) in [6, 6.07) is 9.88. The molecule has 0 aliphatic carbocycles. The van der Waals surface area contributed by atoms with Crippen LogP contribution in [0, 0.1) is 5.41 Å². The van der Waals surface area contributed by atoms with Crippen molar-refractivity contribution in [1.29, 1.82) is 0 Å². The van der Waals surface area contributed by atoms with Crippen molar-refractivity contribution in [1.82, 2.24) is 15.6 Å². The highest BCUT2D eigenvalue weighted by atomic mass is 32.1. The Bertz CT molecular complexity index is 986. The first-order valence-electron chi connectivity index (χ1n) is 10.4. The number of nitrogens with one attached hydrogen (secondary N) is 3. The fourth-order valence-electron chi connectivity index (χ4n) is 4.22. The minimum absolute atomic E-state index is 0.303. The van der Waals surface area contributed by atoms with Gasteiger partial charge in [0.15, 0.2) is 0 Å². The van der Waals surface area contributed by atoms with E-state index in [1.54, 1.807) is 6.07 Å². The molecule has 1 saturated heterocycles. The Hall–Kier alpha value is -3.11. The predicted molar refractivity (Wildman–Crippen MR) is 125 cm³/mol. The number of nitrogens with zero attached hydrogens (tertiary/aromatic N) is 1. The molecule has 0 spiro atoms. The number of hydrogen-bond donors (Lipinski definition) is 5. The van der Waals surface area contributed by atoms with Crippen LogP contribution >= 0.6 is 11.3 Å². The number of likely N-dealkylation sites (tertiary alicyclic amines) is 1. The molecule has 1 aliphatic heterocycles. The molecule has 0 saturated carbocycles. The SMILES string of the molecule is CC(C)(C)C1[C@@H](NC(=O)c2cc(-c3ccccc3)sc2NC(=O)NN)CCCN1C(=O)O. The molecule has 3 rings (SSSR count). The second-order valence-electron chi connectivity index (χ2n) is 8.83. The first-order chi connectivity index (χ1) is 15.1. The van der Waals surface area contributed by atoms with Crippen molar-refractivity contribution >= 4 is 34.4 Å². The molecule has 1 aromatic heterocycles. The van der Waals surface area contributed by atoms with Gasteiger partial charge in [-0.25, -0.2) is 15.4 Å². The number of benzene rings is 1. The average Bonchev–Trinajstić information content (AvgIpc) is 3.17. The van der Waals surface area contributed by atoms with E-state index >= 15 is 0 Å². The van der Waals surface area contributed by atoms with Gasteiger partial charge in [-0.05, 0) is 29.9 Å². The maximum atomic E-state index is 13.3. The van der Waals surface area contributed by atoms with Gasteiger partial charge in [0.25, 0.3) is 5.91 Å². The first kappa shape index (κ1) is 23.6. The van der Waals surface area contributed by atoms with E-state index in [-0.39, 0.29) is 23.4 Å². The standard InChI is InChI=1S/C22H29N5O4S/c1-22(2,3)17-15(10-7-11-27(17)21(30)31)24-18(28)14-12-16(13-8-5-4-6-9-13)32-19(14)25-20(29)26-23/h4-6,8-9,12,15,17H,7,10-11,23H2,1-3H3,(H,24,28)(H,30,31)(H2,25,26,29)/t15-,17?/m0/s1. The number of anilines is 1. The summed E-state index contributed by atoms with van der Waals surface area (Å²) in [4.78, 5) is 39.2. The minimum atomic E-state index is -0.993. The average molecular weight is 460 g/mol. The van der Waals surface area contributed by atoms with Crippen LogP contribution in [0.5, 0.6) is 0 Å². The first-order valence-corrected chi connectivity index (χ1v) is 11.2. The number of carboxylic acid groups (broad SMARTS) is 1. The summed E-state index contributed by atoms with van der Waals surface area (Å²) in [7, 11) is 0. The van der Waals surface area contributed by atoms with Gasteiger partial charge in [-0.2, -0.15) is 0 Å². The van der Waals surface area contributed by atoms with Crippen molar-refractivity contribution in [3.05, 3.63) is 42.0 Å². The number of rotatable bonds is 4. The zero-order chi connectivity index (χ0) is 23.5. The molecule has 2 aromatic rings. The van der Waals surface area contributed by atoms with Gasteiger partial charge in [-0.3, -0.25) is 15.5 Å². The van der Waals surface area contributed by atoms with E-state index in [0.29, 0.717) is 30.0 Å². The summed E-state index contributed by atoms with van der Waals surface area (Å²) in [5.74, 6) is 4.83. The Balaban J connectivity index is 1.92. The van der Waals surface area contributed by atoms with Crippen LogP contribution in [0.4, 0.5) is 14.6 Å². The molecule has 172 valence electrons. The van der Waals surface area contributed by atoms with E-state index in [1.807, 2.05) is 56.5 Å². The smallest absolute Gasteiger partial charge is 0.407 e. The van der Waals surface area contributed by atoms with Gasteiger partial charge >= 0.3 is 12.1 Å². The summed E-state index contributed by atoms with van der Waals surface area (Å²) in [5, 5.41) is 15.7. The Morgan fingerprint density at radius 1 is 1.19 bits per heavy atom. The number of carbonyl (C=O) groups is 3. The lowest BCUT2D eigenvalue weighted by molar-refractivity contribution is 0.0359.